The molecule has 1 aromatic carbocycles. The van der Waals surface area contributed by atoms with Gasteiger partial charge in [-0.1, -0.05) is 24.3 Å². The van der Waals surface area contributed by atoms with Crippen LogP contribution in [0.3, 0.4) is 0 Å². The van der Waals surface area contributed by atoms with Crippen LogP contribution in [0.5, 0.6) is 5.75 Å². The fraction of sp³-hybridized carbons (Fsp3) is 0.105. The van der Waals surface area contributed by atoms with Crippen molar-refractivity contribution in [2.75, 3.05) is 5.73 Å². The molecule has 0 aliphatic rings. The second kappa shape index (κ2) is 7.61. The second-order valence-corrected chi connectivity index (χ2v) is 5.80. The third-order valence-corrected chi connectivity index (χ3v) is 3.92. The minimum atomic E-state index is 0.371. The molecule has 8 heteroatoms. The molecule has 0 radical (unpaired) electrons. The van der Waals surface area contributed by atoms with Crippen molar-refractivity contribution in [1.82, 2.24) is 30.2 Å². The van der Waals surface area contributed by atoms with Crippen molar-refractivity contribution in [2.24, 2.45) is 0 Å². The summed E-state index contributed by atoms with van der Waals surface area (Å²) in [5, 5.41) is 12.6. The van der Waals surface area contributed by atoms with Gasteiger partial charge in [0.1, 0.15) is 18.2 Å². The molecular formula is C19H17N7O. The van der Waals surface area contributed by atoms with Gasteiger partial charge in [-0.2, -0.15) is 4.80 Å². The lowest BCUT2D eigenvalue weighted by Gasteiger charge is -2.10. The van der Waals surface area contributed by atoms with E-state index in [1.807, 2.05) is 48.5 Å². The van der Waals surface area contributed by atoms with Crippen molar-refractivity contribution in [2.45, 2.75) is 13.2 Å². The van der Waals surface area contributed by atoms with Gasteiger partial charge in [-0.25, -0.2) is 4.98 Å². The molecular weight excluding hydrogens is 342 g/mol. The maximum Gasteiger partial charge on any atom is 0.208 e. The van der Waals surface area contributed by atoms with Crippen molar-refractivity contribution in [3.8, 4) is 17.1 Å². The van der Waals surface area contributed by atoms with Crippen LogP contribution in [0.15, 0.2) is 67.0 Å². The first-order valence-electron chi connectivity index (χ1n) is 8.39. The van der Waals surface area contributed by atoms with Crippen LogP contribution < -0.4 is 10.5 Å². The fourth-order valence-electron chi connectivity index (χ4n) is 2.59. The Kier molecular flexibility index (Phi) is 4.69. The molecule has 3 aromatic heterocycles. The SMILES string of the molecule is Nc1ncccc1-c1nnn(Cc2ccccc2OCc2ccccn2)n1. The summed E-state index contributed by atoms with van der Waals surface area (Å²) in [4.78, 5) is 9.83. The summed E-state index contributed by atoms with van der Waals surface area (Å²) >= 11 is 0. The van der Waals surface area contributed by atoms with Gasteiger partial charge in [-0.15, -0.1) is 10.2 Å². The van der Waals surface area contributed by atoms with Gasteiger partial charge in [0.15, 0.2) is 0 Å². The summed E-state index contributed by atoms with van der Waals surface area (Å²) in [5.74, 6) is 1.56. The number of tetrazole rings is 1. The van der Waals surface area contributed by atoms with Crippen molar-refractivity contribution in [3.05, 3.63) is 78.2 Å². The third kappa shape index (κ3) is 3.90. The molecule has 0 atom stereocenters. The highest BCUT2D eigenvalue weighted by Gasteiger charge is 2.11. The normalized spacial score (nSPS) is 10.7. The van der Waals surface area contributed by atoms with Crippen LogP contribution in [0.2, 0.25) is 0 Å². The van der Waals surface area contributed by atoms with E-state index in [0.29, 0.717) is 30.4 Å². The number of nitrogens with two attached hydrogens (primary N) is 1. The number of benzene rings is 1. The summed E-state index contributed by atoms with van der Waals surface area (Å²) in [5.41, 5.74) is 8.34. The van der Waals surface area contributed by atoms with E-state index in [-0.39, 0.29) is 0 Å². The Labute approximate surface area is 155 Å². The molecule has 2 N–H and O–H groups in total. The number of anilines is 1. The number of nitrogen functional groups attached to an aromatic ring is 1. The van der Waals surface area contributed by atoms with Crippen molar-refractivity contribution < 1.29 is 4.74 Å². The topological polar surface area (TPSA) is 105 Å². The van der Waals surface area contributed by atoms with Crippen molar-refractivity contribution >= 4 is 5.82 Å². The summed E-state index contributed by atoms with van der Waals surface area (Å²) in [7, 11) is 0. The lowest BCUT2D eigenvalue weighted by atomic mass is 10.2. The monoisotopic (exact) mass is 359 g/mol. The standard InChI is InChI=1S/C19H17N7O/c20-18-16(8-5-11-22-18)19-23-25-26(24-19)12-14-6-1-2-9-17(14)27-13-15-7-3-4-10-21-15/h1-11H,12-13H2,(H2,20,22). The van der Waals surface area contributed by atoms with Crippen LogP contribution in [0.1, 0.15) is 11.3 Å². The van der Waals surface area contributed by atoms with E-state index in [4.69, 9.17) is 10.5 Å². The zero-order valence-electron chi connectivity index (χ0n) is 14.4. The molecule has 0 saturated heterocycles. The van der Waals surface area contributed by atoms with Crippen LogP contribution in [0.25, 0.3) is 11.4 Å². The zero-order chi connectivity index (χ0) is 18.5. The maximum absolute atomic E-state index is 5.92. The average Bonchev–Trinajstić information content (AvgIpc) is 3.17. The molecule has 0 bridgehead atoms. The van der Waals surface area contributed by atoms with E-state index in [2.05, 4.69) is 25.4 Å². The minimum absolute atomic E-state index is 0.371. The molecule has 0 unspecified atom stereocenters. The smallest absolute Gasteiger partial charge is 0.208 e. The van der Waals surface area contributed by atoms with Crippen LogP contribution in [-0.4, -0.2) is 30.2 Å². The summed E-state index contributed by atoms with van der Waals surface area (Å²) in [6.07, 6.45) is 3.37. The van der Waals surface area contributed by atoms with E-state index in [0.717, 1.165) is 17.0 Å². The Bertz CT molecular complexity index is 1030. The Balaban J connectivity index is 1.51. The molecule has 0 aliphatic carbocycles. The number of hydrogen-bond acceptors (Lipinski definition) is 7. The highest BCUT2D eigenvalue weighted by Crippen LogP contribution is 2.21. The van der Waals surface area contributed by atoms with Crippen LogP contribution in [0.4, 0.5) is 5.82 Å². The molecule has 4 rings (SSSR count). The highest BCUT2D eigenvalue weighted by molar-refractivity contribution is 5.66. The molecule has 0 aliphatic heterocycles. The van der Waals surface area contributed by atoms with Gasteiger partial charge >= 0.3 is 0 Å². The molecule has 27 heavy (non-hydrogen) atoms. The number of hydrogen-bond donors (Lipinski definition) is 1. The second-order valence-electron chi connectivity index (χ2n) is 5.80. The van der Waals surface area contributed by atoms with Gasteiger partial charge < -0.3 is 10.5 Å². The molecule has 0 amide bonds. The lowest BCUT2D eigenvalue weighted by molar-refractivity contribution is 0.296. The number of ether oxygens (including phenoxy) is 1. The highest BCUT2D eigenvalue weighted by atomic mass is 16.5. The van der Waals surface area contributed by atoms with Gasteiger partial charge in [0.2, 0.25) is 5.82 Å². The Morgan fingerprint density at radius 1 is 0.926 bits per heavy atom. The summed E-state index contributed by atoms with van der Waals surface area (Å²) < 4.78 is 5.92. The summed E-state index contributed by atoms with van der Waals surface area (Å²) in [6, 6.07) is 17.1. The van der Waals surface area contributed by atoms with E-state index >= 15 is 0 Å². The first-order valence-corrected chi connectivity index (χ1v) is 8.39. The molecule has 0 spiro atoms. The minimum Gasteiger partial charge on any atom is -0.487 e. The van der Waals surface area contributed by atoms with Crippen LogP contribution >= 0.6 is 0 Å². The van der Waals surface area contributed by atoms with Gasteiger partial charge in [0.05, 0.1) is 17.8 Å². The quantitative estimate of drug-likeness (QED) is 0.563. The molecule has 0 fully saturated rings. The predicted molar refractivity (Wildman–Crippen MR) is 99.6 cm³/mol. The first-order chi connectivity index (χ1) is 13.3. The van der Waals surface area contributed by atoms with E-state index in [1.54, 1.807) is 18.5 Å². The van der Waals surface area contributed by atoms with Crippen LogP contribution in [0, 0.1) is 0 Å². The lowest BCUT2D eigenvalue weighted by Crippen LogP contribution is -2.07. The number of rotatable bonds is 6. The molecule has 4 aromatic rings. The first kappa shape index (κ1) is 16.6. The van der Waals surface area contributed by atoms with Gasteiger partial charge in [-0.05, 0) is 35.5 Å². The van der Waals surface area contributed by atoms with Crippen molar-refractivity contribution in [3.63, 3.8) is 0 Å². The van der Waals surface area contributed by atoms with Gasteiger partial charge in [0.25, 0.3) is 0 Å². The molecule has 134 valence electrons. The predicted octanol–water partition coefficient (Wildman–Crippen LogP) is 2.34. The zero-order valence-corrected chi connectivity index (χ0v) is 14.4. The van der Waals surface area contributed by atoms with Gasteiger partial charge in [-0.3, -0.25) is 4.98 Å². The van der Waals surface area contributed by atoms with Gasteiger partial charge in [0, 0.05) is 18.0 Å². The fourth-order valence-corrected chi connectivity index (χ4v) is 2.59. The molecule has 3 heterocycles. The van der Waals surface area contributed by atoms with E-state index < -0.39 is 0 Å². The van der Waals surface area contributed by atoms with E-state index in [1.165, 1.54) is 4.80 Å². The Morgan fingerprint density at radius 3 is 2.63 bits per heavy atom. The average molecular weight is 359 g/mol. The molecule has 0 saturated carbocycles. The maximum atomic E-state index is 5.92. The number of pyridine rings is 2. The molecule has 8 nitrogen and oxygen atoms in total. The number of nitrogens with zero attached hydrogens (tertiary/aromatic N) is 6. The van der Waals surface area contributed by atoms with E-state index in [9.17, 15) is 0 Å². The summed E-state index contributed by atoms with van der Waals surface area (Å²) in [6.45, 7) is 0.811. The Morgan fingerprint density at radius 2 is 1.78 bits per heavy atom. The van der Waals surface area contributed by atoms with Crippen LogP contribution in [-0.2, 0) is 13.2 Å². The van der Waals surface area contributed by atoms with Crippen molar-refractivity contribution in [1.29, 1.82) is 0 Å². The Hall–Kier alpha value is -3.81. The number of aromatic nitrogens is 6. The third-order valence-electron chi connectivity index (χ3n) is 3.92. The number of para-hydroxylation sites is 1. The largest absolute Gasteiger partial charge is 0.487 e.